The van der Waals surface area contributed by atoms with Gasteiger partial charge in [-0.3, -0.25) is 28.9 Å². The molecule has 3 saturated heterocycles. The summed E-state index contributed by atoms with van der Waals surface area (Å²) < 4.78 is 35.0. The number of likely N-dealkylation sites (tertiary alicyclic amines) is 2. The molecular formula is C40H65N7O8S. The van der Waals surface area contributed by atoms with E-state index in [0.717, 1.165) is 43.1 Å². The molecule has 3 aliphatic carbocycles. The summed E-state index contributed by atoms with van der Waals surface area (Å²) in [6.45, 7) is 20.3. The summed E-state index contributed by atoms with van der Waals surface area (Å²) >= 11 is 0. The quantitative estimate of drug-likeness (QED) is 0.179. The van der Waals surface area contributed by atoms with Gasteiger partial charge in [0.05, 0.1) is 6.04 Å². The molecule has 0 unspecified atom stereocenters. The normalized spacial score (nSPS) is 32.3. The van der Waals surface area contributed by atoms with Crippen molar-refractivity contribution in [3.8, 4) is 0 Å². The summed E-state index contributed by atoms with van der Waals surface area (Å²) in [5.74, 6) is -2.97. The average Bonchev–Trinajstić information content (AvgIpc) is 3.65. The summed E-state index contributed by atoms with van der Waals surface area (Å²) in [4.78, 5) is 74.5. The van der Waals surface area contributed by atoms with Crippen LogP contribution in [0.1, 0.15) is 106 Å². The van der Waals surface area contributed by atoms with Gasteiger partial charge in [0.2, 0.25) is 23.6 Å². The van der Waals surface area contributed by atoms with Gasteiger partial charge in [-0.1, -0.05) is 54.0 Å². The maximum atomic E-state index is 14.6. The van der Waals surface area contributed by atoms with Crippen LogP contribution in [-0.2, 0) is 38.9 Å². The number of carbonyl (C=O) groups is 5. The van der Waals surface area contributed by atoms with Crippen molar-refractivity contribution in [1.29, 1.82) is 0 Å². The largest absolute Gasteiger partial charge is 0.381 e. The third kappa shape index (κ3) is 6.77. The molecule has 0 aromatic heterocycles. The van der Waals surface area contributed by atoms with E-state index in [-0.39, 0.29) is 47.7 Å². The molecule has 2 spiro atoms. The molecule has 6 aliphatic rings. The highest BCUT2D eigenvalue weighted by Crippen LogP contribution is 2.88. The van der Waals surface area contributed by atoms with Crippen molar-refractivity contribution < 1.29 is 37.1 Å². The summed E-state index contributed by atoms with van der Waals surface area (Å²) in [5.41, 5.74) is -2.64. The van der Waals surface area contributed by atoms with Crippen molar-refractivity contribution in [3.05, 3.63) is 12.7 Å². The number of likely N-dealkylation sites (N-methyl/N-ethyl adjacent to an activating group) is 1. The van der Waals surface area contributed by atoms with Crippen LogP contribution in [0.3, 0.4) is 0 Å². The third-order valence-electron chi connectivity index (χ3n) is 15.4. The highest BCUT2D eigenvalue weighted by molar-refractivity contribution is 7.87. The van der Waals surface area contributed by atoms with Crippen LogP contribution in [-0.4, -0.2) is 128 Å². The molecule has 4 N–H and O–H groups in total. The highest BCUT2D eigenvalue weighted by atomic mass is 32.2. The molecule has 56 heavy (non-hydrogen) atoms. The molecule has 314 valence electrons. The van der Waals surface area contributed by atoms with Gasteiger partial charge in [-0.2, -0.15) is 12.7 Å². The minimum Gasteiger partial charge on any atom is -0.381 e. The Bertz CT molecular complexity index is 1710. The molecule has 3 aliphatic heterocycles. The average molecular weight is 804 g/mol. The number of hydrogen-bond acceptors (Lipinski definition) is 9. The zero-order chi connectivity index (χ0) is 41.1. The molecular weight excluding hydrogens is 739 g/mol. The Balaban J connectivity index is 1.23. The Hall–Kier alpha value is -3.08. The van der Waals surface area contributed by atoms with Crippen LogP contribution in [0.5, 0.6) is 0 Å². The van der Waals surface area contributed by atoms with E-state index >= 15 is 0 Å². The number of amides is 5. The van der Waals surface area contributed by atoms with E-state index in [0.29, 0.717) is 45.4 Å². The lowest BCUT2D eigenvalue weighted by atomic mass is 9.73. The van der Waals surface area contributed by atoms with E-state index in [1.54, 1.807) is 25.7 Å². The monoisotopic (exact) mass is 803 g/mol. The summed E-state index contributed by atoms with van der Waals surface area (Å²) in [6.07, 6.45) is 7.88. The number of nitrogens with one attached hydrogen (secondary N) is 4. The van der Waals surface area contributed by atoms with Crippen molar-refractivity contribution >= 4 is 39.7 Å². The third-order valence-corrected chi connectivity index (χ3v) is 17.0. The lowest BCUT2D eigenvalue weighted by Gasteiger charge is -2.41. The van der Waals surface area contributed by atoms with Crippen LogP contribution >= 0.6 is 0 Å². The molecule has 0 radical (unpaired) electrons. The molecule has 6 rings (SSSR count). The van der Waals surface area contributed by atoms with Gasteiger partial charge >= 0.3 is 10.2 Å². The zero-order valence-corrected chi connectivity index (χ0v) is 35.3. The SMILES string of the molecule is C=C[C@@H]1C[C@]1(NC(=O)[C@@H]1C[C@@]2(CN1C(=O)[C@H](C)NC(=O)[C@@H](NC(=O)[C@@H]1CCCN1CC)C1(C)CCOCC1)C(C)(C)C21CCC1)C(=O)NS(=O)(=O)N(CC)CC. The van der Waals surface area contributed by atoms with Crippen molar-refractivity contribution in [2.24, 2.45) is 27.6 Å². The van der Waals surface area contributed by atoms with Crippen LogP contribution in [0.2, 0.25) is 0 Å². The second kappa shape index (κ2) is 15.3. The fourth-order valence-corrected chi connectivity index (χ4v) is 12.5. The van der Waals surface area contributed by atoms with E-state index in [1.165, 1.54) is 6.08 Å². The predicted octanol–water partition coefficient (Wildman–Crippen LogP) is 1.84. The lowest BCUT2D eigenvalue weighted by Crippen LogP contribution is -2.62. The molecule has 7 atom stereocenters. The summed E-state index contributed by atoms with van der Waals surface area (Å²) in [6, 6.07) is -3.22. The summed E-state index contributed by atoms with van der Waals surface area (Å²) in [7, 11) is -4.16. The van der Waals surface area contributed by atoms with Crippen molar-refractivity contribution in [3.63, 3.8) is 0 Å². The number of fused-ring (bicyclic) bond motifs is 1. The van der Waals surface area contributed by atoms with Gasteiger partial charge in [0.15, 0.2) is 0 Å². The fourth-order valence-electron chi connectivity index (χ4n) is 11.3. The minimum absolute atomic E-state index is 0.0180. The van der Waals surface area contributed by atoms with E-state index in [4.69, 9.17) is 4.74 Å². The molecule has 16 heteroatoms. The van der Waals surface area contributed by atoms with Gasteiger partial charge in [0, 0.05) is 49.6 Å². The number of rotatable bonds is 15. The minimum atomic E-state index is -4.16. The van der Waals surface area contributed by atoms with Crippen molar-refractivity contribution in [1.82, 2.24) is 34.8 Å². The molecule has 15 nitrogen and oxygen atoms in total. The molecule has 0 aromatic carbocycles. The first kappa shape index (κ1) is 42.5. The first-order valence-electron chi connectivity index (χ1n) is 20.8. The van der Waals surface area contributed by atoms with Gasteiger partial charge in [-0.05, 0) is 82.2 Å². The number of hydrogen-bond donors (Lipinski definition) is 4. The number of carbonyl (C=O) groups excluding carboxylic acids is 5. The smallest absolute Gasteiger partial charge is 0.303 e. The van der Waals surface area contributed by atoms with E-state index in [2.05, 4.69) is 46.0 Å². The van der Waals surface area contributed by atoms with Crippen molar-refractivity contribution in [2.45, 2.75) is 136 Å². The second-order valence-electron chi connectivity index (χ2n) is 18.1. The number of ether oxygens (including phenoxy) is 1. The Morgan fingerprint density at radius 3 is 2.11 bits per heavy atom. The first-order chi connectivity index (χ1) is 26.3. The van der Waals surface area contributed by atoms with E-state index in [9.17, 15) is 32.4 Å². The molecule has 3 heterocycles. The topological polar surface area (TPSA) is 187 Å². The molecule has 6 fully saturated rings. The van der Waals surface area contributed by atoms with Gasteiger partial charge in [0.1, 0.15) is 23.7 Å². The fraction of sp³-hybridized carbons (Fsp3) is 0.825. The Labute approximate surface area is 333 Å². The second-order valence-corrected chi connectivity index (χ2v) is 19.8. The van der Waals surface area contributed by atoms with Crippen LogP contribution < -0.4 is 20.7 Å². The Morgan fingerprint density at radius 2 is 1.57 bits per heavy atom. The maximum absolute atomic E-state index is 14.6. The number of nitrogens with zero attached hydrogens (tertiary/aromatic N) is 3. The standard InChI is InChI=1S/C40H65N7O8S/c1-9-27-23-40(27,35(52)44-56(53,54)46(11-3)12-4)43-32(49)29-24-39(36(6,7)38(39)16-14-17-38)25-47(29)34(51)26(5)41-33(50)30(37(8)18-21-55-22-19-37)42-31(48)28-15-13-20-45(28)10-2/h9,26-30H,1,10-25H2,2-8H3,(H,41,50)(H,42,48)(H,43,49)(H,44,52)/t26-,27+,28-,29-,30+,39+,40+/m0/s1. The lowest BCUT2D eigenvalue weighted by molar-refractivity contribution is -0.143. The van der Waals surface area contributed by atoms with Crippen molar-refractivity contribution in [2.75, 3.05) is 45.9 Å². The Kier molecular flexibility index (Phi) is 11.6. The Morgan fingerprint density at radius 1 is 0.911 bits per heavy atom. The van der Waals surface area contributed by atoms with Gasteiger partial charge in [-0.15, -0.1) is 6.58 Å². The van der Waals surface area contributed by atoms with Crippen LogP contribution in [0, 0.1) is 27.6 Å². The maximum Gasteiger partial charge on any atom is 0.303 e. The molecule has 3 saturated carbocycles. The summed E-state index contributed by atoms with van der Waals surface area (Å²) in [5, 5.41) is 8.93. The van der Waals surface area contributed by atoms with Crippen LogP contribution in [0.25, 0.3) is 0 Å². The first-order valence-corrected chi connectivity index (χ1v) is 22.3. The van der Waals surface area contributed by atoms with E-state index < -0.39 is 68.8 Å². The van der Waals surface area contributed by atoms with Crippen LogP contribution in [0.15, 0.2) is 12.7 Å². The predicted molar refractivity (Wildman–Crippen MR) is 210 cm³/mol. The van der Waals surface area contributed by atoms with E-state index in [1.807, 2.05) is 13.8 Å². The van der Waals surface area contributed by atoms with Gasteiger partial charge in [0.25, 0.3) is 5.91 Å². The molecule has 0 aromatic rings. The highest BCUT2D eigenvalue weighted by Gasteiger charge is 2.85. The van der Waals surface area contributed by atoms with Gasteiger partial charge in [-0.25, -0.2) is 4.72 Å². The van der Waals surface area contributed by atoms with Crippen LogP contribution in [0.4, 0.5) is 0 Å². The molecule has 5 amide bonds. The zero-order valence-electron chi connectivity index (χ0n) is 34.5. The molecule has 0 bridgehead atoms. The van der Waals surface area contributed by atoms with Gasteiger partial charge < -0.3 is 25.6 Å².